The summed E-state index contributed by atoms with van der Waals surface area (Å²) in [7, 11) is 2.21. The molecule has 132 valence electrons. The highest BCUT2D eigenvalue weighted by Crippen LogP contribution is 2.43. The smallest absolute Gasteiger partial charge is 0.153 e. The molecule has 1 saturated heterocycles. The first-order chi connectivity index (χ1) is 11.5. The van der Waals surface area contributed by atoms with Crippen LogP contribution in [0.2, 0.25) is 0 Å². The molecule has 0 saturated carbocycles. The van der Waals surface area contributed by atoms with Gasteiger partial charge in [-0.25, -0.2) is 0 Å². The van der Waals surface area contributed by atoms with Gasteiger partial charge in [-0.05, 0) is 63.7 Å². The number of aliphatic hydroxyl groups is 1. The Balaban J connectivity index is 1.77. The quantitative estimate of drug-likeness (QED) is 0.897. The van der Waals surface area contributed by atoms with Gasteiger partial charge in [0.2, 0.25) is 0 Å². The fourth-order valence-corrected chi connectivity index (χ4v) is 4.25. The summed E-state index contributed by atoms with van der Waals surface area (Å²) in [5, 5.41) is 10.9. The minimum Gasteiger partial charge on any atom is -0.369 e. The predicted octanol–water partition coefficient (Wildman–Crippen LogP) is 4.21. The molecule has 2 heterocycles. The molecule has 1 N–H and O–H groups in total. The van der Waals surface area contributed by atoms with Crippen LogP contribution in [0.3, 0.4) is 0 Å². The number of likely N-dealkylation sites (tertiary alicyclic amines) is 1. The number of nitrogens with zero attached hydrogens (tertiary/aromatic N) is 2. The van der Waals surface area contributed by atoms with Crippen LogP contribution in [0.25, 0.3) is 5.70 Å². The Morgan fingerprint density at radius 1 is 1.25 bits per heavy atom. The Kier molecular flexibility index (Phi) is 5.31. The Labute approximate surface area is 147 Å². The molecule has 3 heteroatoms. The normalized spacial score (nSPS) is 24.2. The Morgan fingerprint density at radius 2 is 1.96 bits per heavy atom. The van der Waals surface area contributed by atoms with E-state index in [0.717, 1.165) is 18.0 Å². The summed E-state index contributed by atoms with van der Waals surface area (Å²) in [4.78, 5) is 4.64. The number of hydrogen-bond donors (Lipinski definition) is 1. The van der Waals surface area contributed by atoms with E-state index in [9.17, 15) is 5.11 Å². The number of allylic oxidation sites excluding steroid dienone is 1. The van der Waals surface area contributed by atoms with Crippen LogP contribution in [0.4, 0.5) is 0 Å². The van der Waals surface area contributed by atoms with Crippen LogP contribution >= 0.6 is 0 Å². The number of benzene rings is 1. The average Bonchev–Trinajstić information content (AvgIpc) is 2.86. The van der Waals surface area contributed by atoms with E-state index >= 15 is 0 Å². The Bertz CT molecular complexity index is 600. The van der Waals surface area contributed by atoms with Gasteiger partial charge >= 0.3 is 0 Å². The van der Waals surface area contributed by atoms with E-state index in [1.165, 1.54) is 49.2 Å². The van der Waals surface area contributed by atoms with Crippen molar-refractivity contribution in [2.24, 2.45) is 5.92 Å². The van der Waals surface area contributed by atoms with Crippen molar-refractivity contribution in [3.05, 3.63) is 41.0 Å². The van der Waals surface area contributed by atoms with E-state index in [1.807, 2.05) is 0 Å². The molecular formula is C21H32N2O. The second-order valence-corrected chi connectivity index (χ2v) is 7.74. The number of rotatable bonds is 4. The van der Waals surface area contributed by atoms with Gasteiger partial charge in [0.05, 0.1) is 0 Å². The monoisotopic (exact) mass is 328 g/mol. The van der Waals surface area contributed by atoms with E-state index in [4.69, 9.17) is 0 Å². The van der Waals surface area contributed by atoms with E-state index in [2.05, 4.69) is 61.9 Å². The van der Waals surface area contributed by atoms with Crippen molar-refractivity contribution in [3.8, 4) is 0 Å². The number of hydrogen-bond acceptors (Lipinski definition) is 3. The van der Waals surface area contributed by atoms with Gasteiger partial charge in [-0.1, -0.05) is 38.1 Å². The first-order valence-electron chi connectivity index (χ1n) is 9.45. The topological polar surface area (TPSA) is 26.7 Å². The fraction of sp³-hybridized carbons (Fsp3) is 0.619. The molecule has 0 amide bonds. The lowest BCUT2D eigenvalue weighted by Gasteiger charge is -2.31. The van der Waals surface area contributed by atoms with Crippen molar-refractivity contribution < 1.29 is 5.11 Å². The molecule has 0 aromatic heterocycles. The first-order valence-corrected chi connectivity index (χ1v) is 9.45. The molecule has 1 fully saturated rings. The van der Waals surface area contributed by atoms with Crippen molar-refractivity contribution in [1.82, 2.24) is 9.80 Å². The molecule has 3 nitrogen and oxygen atoms in total. The SMILES string of the molecule is C/C=C1\c2c(C(C)C)cccc2C(O)N1CCC1CCN(C)CC1. The van der Waals surface area contributed by atoms with E-state index in [0.29, 0.717) is 5.92 Å². The Morgan fingerprint density at radius 3 is 2.58 bits per heavy atom. The van der Waals surface area contributed by atoms with Gasteiger partial charge in [0.1, 0.15) is 0 Å². The second kappa shape index (κ2) is 7.28. The summed E-state index contributed by atoms with van der Waals surface area (Å²) >= 11 is 0. The van der Waals surface area contributed by atoms with Crippen LogP contribution < -0.4 is 0 Å². The molecule has 0 bridgehead atoms. The van der Waals surface area contributed by atoms with Gasteiger partial charge in [-0.2, -0.15) is 0 Å². The summed E-state index contributed by atoms with van der Waals surface area (Å²) in [6.07, 6.45) is 5.44. The molecule has 3 rings (SSSR count). The van der Waals surface area contributed by atoms with Crippen molar-refractivity contribution in [2.75, 3.05) is 26.7 Å². The van der Waals surface area contributed by atoms with E-state index in [1.54, 1.807) is 0 Å². The van der Waals surface area contributed by atoms with Crippen molar-refractivity contribution in [1.29, 1.82) is 0 Å². The van der Waals surface area contributed by atoms with Crippen LogP contribution in [0.15, 0.2) is 24.3 Å². The molecule has 1 aromatic rings. The zero-order chi connectivity index (χ0) is 17.3. The number of fused-ring (bicyclic) bond motifs is 1. The zero-order valence-electron chi connectivity index (χ0n) is 15.6. The minimum absolute atomic E-state index is 0.468. The maximum Gasteiger partial charge on any atom is 0.153 e. The predicted molar refractivity (Wildman–Crippen MR) is 101 cm³/mol. The molecule has 0 radical (unpaired) electrons. The maximum absolute atomic E-state index is 10.9. The summed E-state index contributed by atoms with van der Waals surface area (Å²) < 4.78 is 0. The molecule has 0 spiro atoms. The third-order valence-electron chi connectivity index (χ3n) is 5.78. The van der Waals surface area contributed by atoms with Gasteiger partial charge in [0.15, 0.2) is 6.23 Å². The lowest BCUT2D eigenvalue weighted by molar-refractivity contribution is 0.0490. The minimum atomic E-state index is -0.490. The number of aliphatic hydroxyl groups excluding tert-OH is 1. The lowest BCUT2D eigenvalue weighted by atomic mass is 9.92. The Hall–Kier alpha value is -1.32. The zero-order valence-corrected chi connectivity index (χ0v) is 15.6. The summed E-state index contributed by atoms with van der Waals surface area (Å²) in [5.74, 6) is 1.26. The molecule has 2 aliphatic rings. The van der Waals surface area contributed by atoms with E-state index < -0.39 is 6.23 Å². The molecule has 0 aliphatic carbocycles. The lowest BCUT2D eigenvalue weighted by Crippen LogP contribution is -2.32. The summed E-state index contributed by atoms with van der Waals surface area (Å²) in [5.41, 5.74) is 4.92. The van der Waals surface area contributed by atoms with Crippen LogP contribution in [-0.2, 0) is 0 Å². The van der Waals surface area contributed by atoms with Crippen molar-refractivity contribution in [2.45, 2.75) is 52.2 Å². The van der Waals surface area contributed by atoms with Crippen LogP contribution in [-0.4, -0.2) is 41.6 Å². The van der Waals surface area contributed by atoms with Gasteiger partial charge in [-0.15, -0.1) is 0 Å². The molecule has 1 unspecified atom stereocenters. The van der Waals surface area contributed by atoms with Gasteiger partial charge in [0.25, 0.3) is 0 Å². The van der Waals surface area contributed by atoms with Crippen LogP contribution in [0.5, 0.6) is 0 Å². The third-order valence-corrected chi connectivity index (χ3v) is 5.78. The number of piperidine rings is 1. The molecule has 1 aromatic carbocycles. The van der Waals surface area contributed by atoms with Gasteiger partial charge in [-0.3, -0.25) is 0 Å². The molecule has 24 heavy (non-hydrogen) atoms. The van der Waals surface area contributed by atoms with Crippen LogP contribution in [0, 0.1) is 5.92 Å². The maximum atomic E-state index is 10.9. The van der Waals surface area contributed by atoms with Gasteiger partial charge in [0, 0.05) is 23.4 Å². The van der Waals surface area contributed by atoms with Crippen molar-refractivity contribution >= 4 is 5.70 Å². The average molecular weight is 329 g/mol. The summed E-state index contributed by atoms with van der Waals surface area (Å²) in [6, 6.07) is 6.39. The van der Waals surface area contributed by atoms with Gasteiger partial charge < -0.3 is 14.9 Å². The van der Waals surface area contributed by atoms with Crippen LogP contribution in [0.1, 0.15) is 68.9 Å². The fourth-order valence-electron chi connectivity index (χ4n) is 4.25. The molecular weight excluding hydrogens is 296 g/mol. The third kappa shape index (κ3) is 3.25. The molecule has 2 aliphatic heterocycles. The van der Waals surface area contributed by atoms with E-state index in [-0.39, 0.29) is 0 Å². The highest BCUT2D eigenvalue weighted by atomic mass is 16.3. The summed E-state index contributed by atoms with van der Waals surface area (Å²) in [6.45, 7) is 9.92. The largest absolute Gasteiger partial charge is 0.369 e. The highest BCUT2D eigenvalue weighted by molar-refractivity contribution is 5.74. The van der Waals surface area contributed by atoms with Crippen molar-refractivity contribution in [3.63, 3.8) is 0 Å². The highest BCUT2D eigenvalue weighted by Gasteiger charge is 2.34. The molecule has 1 atom stereocenters. The first kappa shape index (κ1) is 17.5. The second-order valence-electron chi connectivity index (χ2n) is 7.74. The standard InChI is InChI=1S/C21H32N2O/c1-5-19-20-17(15(2)3)7-6-8-18(20)21(24)23(19)14-11-16-9-12-22(4)13-10-16/h5-8,15-16,21,24H,9-14H2,1-4H3/b19-5+.